The van der Waals surface area contributed by atoms with Gasteiger partial charge in [-0.05, 0) is 64.7 Å². The van der Waals surface area contributed by atoms with Gasteiger partial charge in [-0.2, -0.15) is 0 Å². The van der Waals surface area contributed by atoms with Crippen LogP contribution in [0.15, 0.2) is 29.3 Å². The molecule has 1 aliphatic heterocycles. The fourth-order valence-electron chi connectivity index (χ4n) is 3.87. The second kappa shape index (κ2) is 14.5. The van der Waals surface area contributed by atoms with Gasteiger partial charge in [0.05, 0.1) is 0 Å². The Morgan fingerprint density at radius 1 is 1.13 bits per heavy atom. The van der Waals surface area contributed by atoms with E-state index < -0.39 is 0 Å². The maximum absolute atomic E-state index is 12.3. The zero-order valence-corrected chi connectivity index (χ0v) is 22.1. The van der Waals surface area contributed by atoms with Crippen LogP contribution in [-0.2, 0) is 6.54 Å². The summed E-state index contributed by atoms with van der Waals surface area (Å²) in [6, 6.07) is 9.07. The first-order valence-electron chi connectivity index (χ1n) is 11.3. The molecule has 176 valence electrons. The number of nitrogens with zero attached hydrogens (tertiary/aromatic N) is 3. The van der Waals surface area contributed by atoms with Crippen LogP contribution >= 0.6 is 24.0 Å². The minimum Gasteiger partial charge on any atom is -0.356 e. The van der Waals surface area contributed by atoms with Gasteiger partial charge in [-0.25, -0.2) is 4.79 Å². The molecule has 31 heavy (non-hydrogen) atoms. The summed E-state index contributed by atoms with van der Waals surface area (Å²) in [6.45, 7) is 13.3. The molecule has 0 unspecified atom stereocenters. The molecule has 1 aromatic rings. The molecule has 0 aliphatic carbocycles. The number of likely N-dealkylation sites (tertiary alicyclic amines) is 1. The average molecular weight is 545 g/mol. The van der Waals surface area contributed by atoms with Gasteiger partial charge in [0.1, 0.15) is 0 Å². The van der Waals surface area contributed by atoms with Crippen molar-refractivity contribution in [2.45, 2.75) is 65.6 Å². The van der Waals surface area contributed by atoms with Crippen molar-refractivity contribution in [3.8, 4) is 0 Å². The molecule has 0 bridgehead atoms. The normalized spacial score (nSPS) is 14.2. The number of hydrogen-bond donors (Lipinski definition) is 3. The summed E-state index contributed by atoms with van der Waals surface area (Å²) in [5.74, 6) is 0.794. The van der Waals surface area contributed by atoms with E-state index in [4.69, 9.17) is 0 Å². The van der Waals surface area contributed by atoms with Gasteiger partial charge in [0, 0.05) is 57.5 Å². The molecule has 0 aromatic heterocycles. The molecular weight excluding hydrogens is 503 g/mol. The molecule has 0 saturated carbocycles. The lowest BCUT2D eigenvalue weighted by Crippen LogP contribution is -2.41. The predicted octanol–water partition coefficient (Wildman–Crippen LogP) is 4.11. The van der Waals surface area contributed by atoms with Crippen molar-refractivity contribution in [3.63, 3.8) is 0 Å². The second-order valence-electron chi connectivity index (χ2n) is 8.46. The number of hydrogen-bond acceptors (Lipinski definition) is 3. The summed E-state index contributed by atoms with van der Waals surface area (Å²) in [5, 5.41) is 9.75. The number of halogens is 1. The topological polar surface area (TPSA) is 72.0 Å². The van der Waals surface area contributed by atoms with E-state index in [0.29, 0.717) is 18.6 Å². The zero-order valence-electron chi connectivity index (χ0n) is 19.8. The second-order valence-corrected chi connectivity index (χ2v) is 8.46. The van der Waals surface area contributed by atoms with E-state index in [2.05, 4.69) is 59.6 Å². The molecular formula is C23H41IN6O. The molecule has 8 heteroatoms. The van der Waals surface area contributed by atoms with Crippen LogP contribution < -0.4 is 16.0 Å². The maximum Gasteiger partial charge on any atom is 0.321 e. The molecule has 0 radical (unpaired) electrons. The van der Waals surface area contributed by atoms with Crippen LogP contribution in [-0.4, -0.2) is 67.1 Å². The van der Waals surface area contributed by atoms with Gasteiger partial charge in [-0.1, -0.05) is 12.1 Å². The highest BCUT2D eigenvalue weighted by molar-refractivity contribution is 14.0. The number of benzene rings is 1. The summed E-state index contributed by atoms with van der Waals surface area (Å²) < 4.78 is 0. The smallest absolute Gasteiger partial charge is 0.321 e. The maximum atomic E-state index is 12.3. The quantitative estimate of drug-likeness (QED) is 0.190. The number of carbonyl (C=O) groups is 1. The van der Waals surface area contributed by atoms with Gasteiger partial charge in [-0.3, -0.25) is 9.89 Å². The van der Waals surface area contributed by atoms with E-state index in [1.54, 1.807) is 7.05 Å². The molecule has 1 aromatic carbocycles. The van der Waals surface area contributed by atoms with E-state index in [1.807, 2.05) is 23.1 Å². The number of aliphatic imine (C=N–C) groups is 1. The first-order valence-corrected chi connectivity index (χ1v) is 11.3. The number of urea groups is 1. The van der Waals surface area contributed by atoms with Gasteiger partial charge in [0.15, 0.2) is 5.96 Å². The Hall–Kier alpha value is -1.55. The van der Waals surface area contributed by atoms with E-state index in [1.165, 1.54) is 0 Å². The van der Waals surface area contributed by atoms with Crippen molar-refractivity contribution in [1.82, 2.24) is 20.4 Å². The number of carbonyl (C=O) groups excluding carboxylic acids is 1. The Kier molecular flexibility index (Phi) is 12.9. The summed E-state index contributed by atoms with van der Waals surface area (Å²) in [4.78, 5) is 21.0. The molecule has 0 atom stereocenters. The highest BCUT2D eigenvalue weighted by Gasteiger charge is 2.17. The molecule has 1 aliphatic rings. The van der Waals surface area contributed by atoms with Crippen molar-refractivity contribution in [2.24, 2.45) is 4.99 Å². The molecule has 2 amide bonds. The monoisotopic (exact) mass is 544 g/mol. The van der Waals surface area contributed by atoms with Gasteiger partial charge in [0.2, 0.25) is 0 Å². The first kappa shape index (κ1) is 27.5. The molecule has 1 fully saturated rings. The van der Waals surface area contributed by atoms with E-state index in [0.717, 1.165) is 62.7 Å². The molecule has 1 heterocycles. The van der Waals surface area contributed by atoms with Crippen LogP contribution in [0.1, 0.15) is 52.5 Å². The van der Waals surface area contributed by atoms with Crippen molar-refractivity contribution in [1.29, 1.82) is 0 Å². The summed E-state index contributed by atoms with van der Waals surface area (Å²) in [5.41, 5.74) is 1.93. The number of guanidine groups is 1. The van der Waals surface area contributed by atoms with Crippen LogP contribution in [0.25, 0.3) is 0 Å². The van der Waals surface area contributed by atoms with Gasteiger partial charge >= 0.3 is 6.03 Å². The fourth-order valence-corrected chi connectivity index (χ4v) is 3.87. The van der Waals surface area contributed by atoms with Crippen molar-refractivity contribution >= 4 is 41.7 Å². The van der Waals surface area contributed by atoms with Crippen molar-refractivity contribution < 1.29 is 4.79 Å². The summed E-state index contributed by atoms with van der Waals surface area (Å²) in [7, 11) is 1.79. The highest BCUT2D eigenvalue weighted by Crippen LogP contribution is 2.14. The average Bonchev–Trinajstić information content (AvgIpc) is 3.25. The number of nitrogens with one attached hydrogen (secondary N) is 3. The Balaban J connectivity index is 0.00000480. The summed E-state index contributed by atoms with van der Waals surface area (Å²) in [6.07, 6.45) is 3.25. The predicted molar refractivity (Wildman–Crippen MR) is 141 cm³/mol. The van der Waals surface area contributed by atoms with Gasteiger partial charge in [0.25, 0.3) is 0 Å². The lowest BCUT2D eigenvalue weighted by Gasteiger charge is -2.30. The third kappa shape index (κ3) is 9.64. The Labute approximate surface area is 205 Å². The molecule has 1 saturated heterocycles. The van der Waals surface area contributed by atoms with Crippen LogP contribution in [0, 0.1) is 0 Å². The van der Waals surface area contributed by atoms with Gasteiger partial charge in [-0.15, -0.1) is 24.0 Å². The number of anilines is 1. The third-order valence-corrected chi connectivity index (χ3v) is 5.47. The minimum absolute atomic E-state index is 0. The van der Waals surface area contributed by atoms with Crippen LogP contribution in [0.3, 0.4) is 0 Å². The lowest BCUT2D eigenvalue weighted by atomic mass is 10.2. The van der Waals surface area contributed by atoms with Gasteiger partial charge < -0.3 is 20.9 Å². The largest absolute Gasteiger partial charge is 0.356 e. The highest BCUT2D eigenvalue weighted by atomic mass is 127. The first-order chi connectivity index (χ1) is 14.4. The third-order valence-electron chi connectivity index (χ3n) is 5.47. The van der Waals surface area contributed by atoms with Crippen molar-refractivity contribution in [2.75, 3.05) is 38.5 Å². The number of amides is 2. The summed E-state index contributed by atoms with van der Waals surface area (Å²) >= 11 is 0. The molecule has 0 spiro atoms. The Morgan fingerprint density at radius 3 is 2.42 bits per heavy atom. The fraction of sp³-hybridized carbons (Fsp3) is 0.652. The molecule has 3 N–H and O–H groups in total. The zero-order chi connectivity index (χ0) is 21.9. The Morgan fingerprint density at radius 2 is 1.81 bits per heavy atom. The number of rotatable bonds is 9. The standard InChI is InChI=1S/C23H40N6O.HI/c1-18(2)29(19(3)4)15-9-12-25-22(24-5)26-17-20-10-8-11-21(16-20)27-23(30)28-13-6-7-14-28;/h8,10-11,16,18-19H,6-7,9,12-15,17H2,1-5H3,(H,27,30)(H2,24,25,26);1H. The van der Waals surface area contributed by atoms with Crippen LogP contribution in [0.4, 0.5) is 10.5 Å². The van der Waals surface area contributed by atoms with E-state index in [9.17, 15) is 4.79 Å². The van der Waals surface area contributed by atoms with E-state index in [-0.39, 0.29) is 30.0 Å². The van der Waals surface area contributed by atoms with E-state index >= 15 is 0 Å². The van der Waals surface area contributed by atoms with Crippen LogP contribution in [0.2, 0.25) is 0 Å². The van der Waals surface area contributed by atoms with Crippen LogP contribution in [0.5, 0.6) is 0 Å². The van der Waals surface area contributed by atoms with Crippen molar-refractivity contribution in [3.05, 3.63) is 29.8 Å². The molecule has 2 rings (SSSR count). The minimum atomic E-state index is -0.00748. The lowest BCUT2D eigenvalue weighted by molar-refractivity contribution is 0.173. The Bertz CT molecular complexity index is 680. The SMILES string of the molecule is CN=C(NCCCN(C(C)C)C(C)C)NCc1cccc(NC(=O)N2CCCC2)c1.I. The molecule has 7 nitrogen and oxygen atoms in total.